The fraction of sp³-hybridized carbons (Fsp3) is 0.363. The molecule has 0 fully saturated rings. The van der Waals surface area contributed by atoms with Gasteiger partial charge in [0.15, 0.2) is 22.7 Å². The van der Waals surface area contributed by atoms with Crippen LogP contribution in [0.25, 0.3) is 33.2 Å². The number of nitrogens with one attached hydrogen (secondary N) is 11. The Morgan fingerprint density at radius 3 is 1.86 bits per heavy atom. The highest BCUT2D eigenvalue weighted by molar-refractivity contribution is 8.76. The number of H-pyrrole nitrogens is 3. The number of nitrogens with zero attached hydrogens (tertiary/aromatic N) is 5. The van der Waals surface area contributed by atoms with E-state index in [0.717, 1.165) is 55.3 Å². The lowest BCUT2D eigenvalue weighted by atomic mass is 9.84. The number of carbonyl (C=O) groups excluding carboxylic acids is 10. The number of rotatable bonds is 42. The van der Waals surface area contributed by atoms with Crippen LogP contribution >= 0.6 is 28.9 Å². The molecule has 7 heterocycles. The number of Topliss-reactive ketones (excluding diaryl/α,β-unsaturated/α-hetero) is 2. The summed E-state index contributed by atoms with van der Waals surface area (Å²) in [5.41, 5.74) is 13.2. The minimum Gasteiger partial charge on any atom is -0.480 e. The lowest BCUT2D eigenvalue weighted by Crippen LogP contribution is -2.54. The predicted molar refractivity (Wildman–Crippen MR) is 498 cm³/mol. The molecule has 2 aliphatic heterocycles. The van der Waals surface area contributed by atoms with Crippen molar-refractivity contribution in [1.29, 1.82) is 0 Å². The Hall–Kier alpha value is -13.1. The second-order valence-electron chi connectivity index (χ2n) is 32.2. The van der Waals surface area contributed by atoms with Gasteiger partial charge in [0, 0.05) is 124 Å². The molecule has 0 radical (unpaired) electrons. The molecule has 5 aromatic heterocycles. The summed E-state index contributed by atoms with van der Waals surface area (Å²) in [7, 11) is -3.84. The van der Waals surface area contributed by atoms with Gasteiger partial charge in [-0.05, 0) is 143 Å². The number of aromatic nitrogens is 8. The number of methoxy groups -OCH3 is 1. The zero-order valence-electron chi connectivity index (χ0n) is 72.9. The summed E-state index contributed by atoms with van der Waals surface area (Å²) in [6.45, 7) is 10.8. The number of carboxylic acid groups (broad SMARTS) is 2. The van der Waals surface area contributed by atoms with Crippen LogP contribution in [0.15, 0.2) is 144 Å². The van der Waals surface area contributed by atoms with Gasteiger partial charge in [0.1, 0.15) is 53.3 Å². The zero-order valence-corrected chi connectivity index (χ0v) is 76.2. The third-order valence-electron chi connectivity index (χ3n) is 23.5. The minimum absolute atomic E-state index is 0.00249. The monoisotopic (exact) mass is 1860 g/mol. The molecule has 3 aliphatic rings. The average molecular weight is 1870 g/mol. The lowest BCUT2D eigenvalue weighted by molar-refractivity contribution is -0.142. The molecular weight excluding hydrogens is 1760 g/mol. The summed E-state index contributed by atoms with van der Waals surface area (Å²) in [4.78, 5) is 210. The summed E-state index contributed by atoms with van der Waals surface area (Å²) in [5.74, 6) is -13.6. The van der Waals surface area contributed by atoms with E-state index in [-0.39, 0.29) is 109 Å². The van der Waals surface area contributed by atoms with Gasteiger partial charge in [-0.15, -0.1) is 0 Å². The Bertz CT molecular complexity index is 6130. The SMILES string of the molecule is CC[C@H]1c2cc3[nH]c4c(c3C)C(=O)C(C(=O)OC)c4c3nc(cc4[nH]c(cc(n2)[C@@H]1C)c(C(C)=O)c4C)[C@@H](C)[C@@H]3CCC(=O)NCCC[C@H](NC(=O)CC[P+](c1ccccc1)(c1ccccc1)c1ccccc1)C(=O)NCCSSC[C@H](NC(=O)[C@H](CC(=O)NCCS(=O)(=O)O)NC(=O)CC[C@H](NC(=O)c1ccc(NCc2cnc3nc(N)[nH]c(=O)c3n2)cc1)C(=O)O)C(=O)O. The summed E-state index contributed by atoms with van der Waals surface area (Å²) in [5, 5.41) is 44.7. The molecule has 688 valence electrons. The van der Waals surface area contributed by atoms with Crippen LogP contribution in [0.5, 0.6) is 0 Å². The lowest BCUT2D eigenvalue weighted by Gasteiger charge is -2.28. The third-order valence-corrected chi connectivity index (χ3v) is 31.1. The maximum absolute atomic E-state index is 14.8. The molecule has 7 amide bonds. The van der Waals surface area contributed by atoms with E-state index in [1.165, 1.54) is 44.5 Å². The van der Waals surface area contributed by atoms with Gasteiger partial charge in [0.05, 0.1) is 67.0 Å². The number of nitrogens with two attached hydrogens (primary N) is 1. The van der Waals surface area contributed by atoms with Crippen molar-refractivity contribution >= 4 is 171 Å². The van der Waals surface area contributed by atoms with Gasteiger partial charge in [0.25, 0.3) is 21.6 Å². The van der Waals surface area contributed by atoms with Gasteiger partial charge in [-0.25, -0.2) is 19.6 Å². The first-order valence-corrected chi connectivity index (χ1v) is 48.7. The molecule has 9 aromatic rings. The fourth-order valence-electron chi connectivity index (χ4n) is 16.7. The third kappa shape index (κ3) is 23.6. The van der Waals surface area contributed by atoms with E-state index in [0.29, 0.717) is 78.8 Å². The van der Waals surface area contributed by atoms with E-state index >= 15 is 0 Å². The number of fused-ring (bicyclic) bond motifs is 9. The normalized spacial score (nSPS) is 16.1. The Morgan fingerprint density at radius 2 is 1.23 bits per heavy atom. The van der Waals surface area contributed by atoms with Gasteiger partial charge in [-0.1, -0.05) is 97.0 Å². The first kappa shape index (κ1) is 97.0. The Balaban J connectivity index is 0.701. The Morgan fingerprint density at radius 1 is 0.618 bits per heavy atom. The second kappa shape index (κ2) is 43.5. The highest BCUT2D eigenvalue weighted by atomic mass is 33.1. The number of carboxylic acids is 2. The highest BCUT2D eigenvalue weighted by Crippen LogP contribution is 2.56. The number of benzene rings is 4. The van der Waals surface area contributed by atoms with E-state index in [9.17, 15) is 85.5 Å². The minimum atomic E-state index is -4.58. The first-order chi connectivity index (χ1) is 62.6. The second-order valence-corrected chi connectivity index (χ2v) is 40.0. The molecule has 40 heteroatoms. The van der Waals surface area contributed by atoms with Crippen molar-refractivity contribution in [2.45, 2.75) is 160 Å². The number of aliphatic carboxylic acids is 2. The number of esters is 1. The Kier molecular flexibility index (Phi) is 32.2. The van der Waals surface area contributed by atoms with Gasteiger partial charge < -0.3 is 73.2 Å². The number of ketones is 2. The quantitative estimate of drug-likeness (QED) is 0.00343. The number of aryl methyl sites for hydroxylation is 2. The van der Waals surface area contributed by atoms with Crippen LogP contribution < -0.4 is 69.7 Å². The van der Waals surface area contributed by atoms with Gasteiger partial charge in [0.2, 0.25) is 41.4 Å². The number of carbonyl (C=O) groups is 12. The average Bonchev–Trinajstić information content (AvgIpc) is 1.55. The maximum atomic E-state index is 14.8. The van der Waals surface area contributed by atoms with Crippen LogP contribution in [0.4, 0.5) is 11.6 Å². The van der Waals surface area contributed by atoms with E-state index < -0.39 is 156 Å². The van der Waals surface area contributed by atoms with E-state index in [4.69, 9.17) is 20.4 Å². The molecule has 131 heavy (non-hydrogen) atoms. The number of ether oxygens (including phenoxy) is 1. The smallest absolute Gasteiger partial charge is 0.327 e. The van der Waals surface area contributed by atoms with Crippen LogP contribution in [-0.4, -0.2) is 208 Å². The largest absolute Gasteiger partial charge is 0.480 e. The van der Waals surface area contributed by atoms with Crippen LogP contribution in [0.2, 0.25) is 0 Å². The van der Waals surface area contributed by atoms with Gasteiger partial charge in [-0.2, -0.15) is 13.4 Å². The highest BCUT2D eigenvalue weighted by Gasteiger charge is 2.48. The molecular formula is C91H103N17O19PS3+. The summed E-state index contributed by atoms with van der Waals surface area (Å²) in [6.07, 6.45) is 0.694. The molecule has 4 aromatic carbocycles. The molecule has 0 saturated carbocycles. The van der Waals surface area contributed by atoms with Crippen molar-refractivity contribution in [2.75, 3.05) is 61.2 Å². The van der Waals surface area contributed by atoms with Crippen molar-refractivity contribution in [3.8, 4) is 0 Å². The van der Waals surface area contributed by atoms with Crippen molar-refractivity contribution in [3.63, 3.8) is 0 Å². The topological polar surface area (TPSA) is 560 Å². The predicted octanol–water partition coefficient (Wildman–Crippen LogP) is 7.15. The van der Waals surface area contributed by atoms with E-state index in [1.54, 1.807) is 0 Å². The molecule has 36 nitrogen and oxygen atoms in total. The molecule has 0 saturated heterocycles. The summed E-state index contributed by atoms with van der Waals surface area (Å²) < 4.78 is 37.5. The number of hydrogen-bond donors (Lipinski definition) is 15. The van der Waals surface area contributed by atoms with Crippen LogP contribution in [0.1, 0.15) is 191 Å². The zero-order chi connectivity index (χ0) is 94.1. The number of hydrogen-bond acceptors (Lipinski definition) is 25. The molecule has 12 rings (SSSR count). The first-order valence-electron chi connectivity index (χ1n) is 42.6. The van der Waals surface area contributed by atoms with Gasteiger partial charge in [-0.3, -0.25) is 72.2 Å². The van der Waals surface area contributed by atoms with Crippen molar-refractivity contribution in [3.05, 3.63) is 212 Å². The molecule has 8 bridgehead atoms. The van der Waals surface area contributed by atoms with E-state index in [1.807, 2.05) is 93.6 Å². The van der Waals surface area contributed by atoms with Crippen molar-refractivity contribution in [2.24, 2.45) is 0 Å². The van der Waals surface area contributed by atoms with Crippen LogP contribution in [0.3, 0.4) is 0 Å². The number of amides is 7. The Labute approximate surface area is 761 Å². The number of anilines is 2. The van der Waals surface area contributed by atoms with Crippen molar-refractivity contribution < 1.29 is 85.5 Å². The number of nitrogen functional groups attached to an aromatic ring is 1. The molecule has 1 unspecified atom stereocenters. The standard InChI is InChI=1S/C91H102N17O19PS3/c1-8-59-48(2)63-43-68-75(52(6)109)50(4)65(100-68)41-64-49(3)60(79(103-64)77-78(90(123)127-7)82(114)76-51(5)66(104-80(76)77)42-67(59)99-63)30-32-71(110)93-35-18-25-61(101-73(112)34-38-128(56-19-12-9-13-20-56,57-21-14-10-15-22-57)58-23-16-11-17-24-58)85(116)95-36-39-129-130-47-70(89(121)122)106-86(117)69(44-74(113)94-37-40-131(124,125)126)102-72(111)33-31-62(88(119)120)105-84(115)53-26-28-54(29-27-53)96-45-55-46-97-83-81(98-55)87(118)108-91(92)107-83/h9-17,19-24,26-29,41-43,46,48-49,59-62,69-70,78H,8,18,25,30-40,44-45,47H2,1-7H3,(H15-,92,93,94,95,96,97,98,99,100,101,102,103,104,105,106,107,108,109,110,111,112,113,114,115,116,117,118,119,120,121,122,124,125,126)/p+1/t48-,49+,59-,60+,61+,62+,69+,70+,78?/m1/s1. The molecule has 9 atom stereocenters. The van der Waals surface area contributed by atoms with Crippen LogP contribution in [-0.2, 0) is 64.6 Å². The molecule has 0 spiro atoms. The number of aromatic amines is 3. The molecule has 1 aliphatic carbocycles. The fourth-order valence-corrected chi connectivity index (χ4v) is 23.4. The van der Waals surface area contributed by atoms with Gasteiger partial charge >= 0.3 is 17.9 Å². The maximum Gasteiger partial charge on any atom is 0.327 e. The summed E-state index contributed by atoms with van der Waals surface area (Å²) in [6, 6.07) is 35.0. The molecule has 16 N–H and O–H groups in total. The van der Waals surface area contributed by atoms with E-state index in [2.05, 4.69) is 123 Å². The van der Waals surface area contributed by atoms with Crippen molar-refractivity contribution in [1.82, 2.24) is 77.1 Å². The summed E-state index contributed by atoms with van der Waals surface area (Å²) >= 11 is 0. The van der Waals surface area contributed by atoms with Crippen LogP contribution in [0, 0.1) is 13.8 Å².